The summed E-state index contributed by atoms with van der Waals surface area (Å²) in [5.41, 5.74) is 20.1. The van der Waals surface area contributed by atoms with E-state index in [-0.39, 0.29) is 180 Å². The molecule has 32 nitrogen and oxygen atoms in total. The average molecular weight is 1470 g/mol. The molecular formula is C65H67BrK2N22O10. The van der Waals surface area contributed by atoms with Gasteiger partial charge >= 0.3 is 109 Å². The molecule has 14 rings (SSSR count). The normalized spacial score (nSPS) is 12.5. The maximum Gasteiger partial charge on any atom is 1.00 e. The van der Waals surface area contributed by atoms with Crippen molar-refractivity contribution in [3.63, 3.8) is 0 Å². The molecular weight excluding hydrogens is 1410 g/mol. The van der Waals surface area contributed by atoms with Gasteiger partial charge in [0.25, 0.3) is 24.0 Å². The number of anilines is 5. The van der Waals surface area contributed by atoms with E-state index in [2.05, 4.69) is 106 Å². The molecule has 100 heavy (non-hydrogen) atoms. The summed E-state index contributed by atoms with van der Waals surface area (Å²) >= 11 is 3.15. The van der Waals surface area contributed by atoms with Crippen molar-refractivity contribution in [3.05, 3.63) is 205 Å². The molecule has 0 bridgehead atoms. The summed E-state index contributed by atoms with van der Waals surface area (Å²) in [4.78, 5) is 114. The number of aryl methyl sites for hydroxylation is 2. The molecule has 9 N–H and O–H groups in total. The van der Waals surface area contributed by atoms with Gasteiger partial charge in [0.1, 0.15) is 35.5 Å². The molecule has 10 aromatic rings. The van der Waals surface area contributed by atoms with Gasteiger partial charge in [-0.15, -0.1) is 9.97 Å². The maximum absolute atomic E-state index is 13.0. The van der Waals surface area contributed by atoms with Gasteiger partial charge < -0.3 is 86.9 Å². The summed E-state index contributed by atoms with van der Waals surface area (Å²) in [6.07, 6.45) is 13.8. The Morgan fingerprint density at radius 1 is 0.640 bits per heavy atom. The molecule has 1 amide bonds. The first kappa shape index (κ1) is 80.1. The number of carboxylic acids is 1. The topological polar surface area (TPSA) is 423 Å². The third-order valence-corrected chi connectivity index (χ3v) is 14.9. The maximum atomic E-state index is 13.0. The summed E-state index contributed by atoms with van der Waals surface area (Å²) < 4.78 is 14.0. The van der Waals surface area contributed by atoms with Gasteiger partial charge in [-0.2, -0.15) is 0 Å². The van der Waals surface area contributed by atoms with Crippen LogP contribution in [-0.2, 0) is 36.9 Å². The zero-order valence-electron chi connectivity index (χ0n) is 56.0. The average Bonchev–Trinajstić information content (AvgIpc) is 1.72. The van der Waals surface area contributed by atoms with Crippen LogP contribution in [0, 0.1) is 13.1 Å². The number of carbonyl (C=O) groups is 3. The van der Waals surface area contributed by atoms with Gasteiger partial charge in [-0.3, -0.25) is 19.2 Å². The molecule has 506 valence electrons. The first-order valence-electron chi connectivity index (χ1n) is 30.2. The summed E-state index contributed by atoms with van der Waals surface area (Å²) in [5.74, 6) is 2.03. The number of rotatable bonds is 13. The molecule has 0 aliphatic carbocycles. The first-order chi connectivity index (χ1) is 47.5. The Morgan fingerprint density at radius 3 is 1.44 bits per heavy atom. The van der Waals surface area contributed by atoms with E-state index in [1.54, 1.807) is 50.6 Å². The van der Waals surface area contributed by atoms with Crippen LogP contribution in [0.3, 0.4) is 0 Å². The van der Waals surface area contributed by atoms with Gasteiger partial charge in [-0.25, -0.2) is 44.7 Å². The second-order valence-electron chi connectivity index (χ2n) is 21.1. The molecule has 0 saturated carbocycles. The third-order valence-electron chi connectivity index (χ3n) is 14.4. The van der Waals surface area contributed by atoms with Crippen LogP contribution in [0.2, 0.25) is 0 Å². The van der Waals surface area contributed by atoms with Gasteiger partial charge in [0.15, 0.2) is 39.0 Å². The van der Waals surface area contributed by atoms with Crippen molar-refractivity contribution in [1.82, 2.24) is 69.6 Å². The monoisotopic (exact) mass is 1470 g/mol. The second kappa shape index (κ2) is 41.0. The Labute approximate surface area is 668 Å². The number of oxazole rings is 2. The molecule has 14 heterocycles. The predicted octanol–water partition coefficient (Wildman–Crippen LogP) is -0.0850. The minimum Gasteiger partial charge on any atom is -1.00 e. The number of amides is 1. The van der Waals surface area contributed by atoms with Gasteiger partial charge in [0, 0.05) is 102 Å². The van der Waals surface area contributed by atoms with Crippen LogP contribution < -0.4 is 162 Å². The van der Waals surface area contributed by atoms with Crippen molar-refractivity contribution in [2.24, 2.45) is 19.8 Å². The van der Waals surface area contributed by atoms with Gasteiger partial charge in [0.2, 0.25) is 28.7 Å². The molecule has 0 aromatic carbocycles. The Balaban J connectivity index is 0.000000236. The Morgan fingerprint density at radius 2 is 1.06 bits per heavy atom. The summed E-state index contributed by atoms with van der Waals surface area (Å²) in [5, 5.41) is 23.5. The van der Waals surface area contributed by atoms with Crippen molar-refractivity contribution in [1.29, 1.82) is 0 Å². The minimum absolute atomic E-state index is 0. The number of hydrogen-bond acceptors (Lipinski definition) is 26. The molecule has 10 aromatic heterocycles. The fraction of sp³-hybridized carbons (Fsp3) is 0.246. The summed E-state index contributed by atoms with van der Waals surface area (Å²) in [7, 11) is 3.19. The number of nitrogens with one attached hydrogen (secondary N) is 2. The minimum atomic E-state index is -1.31. The predicted molar refractivity (Wildman–Crippen MR) is 365 cm³/mol. The van der Waals surface area contributed by atoms with E-state index in [0.717, 1.165) is 74.5 Å². The van der Waals surface area contributed by atoms with E-state index in [0.29, 0.717) is 39.6 Å². The SMILES string of the molecule is C1CNC1.Cn1cc(-c2nc(C(=O)NCc3cccc(N4CCC4)n3)c(N)nc2-c2ncco2)ccc1=O.Cn1cc(-c2nc(C(=O)O)c(N)nc2-c2ncco2)ccc1=O.NCc1cccc(N2CCC2)n1.O=CO[O-].[C-]#[N+]c1cccc(Br)n1.[C-]#[N+]c1cccc(N2CCC2)n1.[H-].[K+].[K+]. The van der Waals surface area contributed by atoms with E-state index < -0.39 is 11.9 Å². The Kier molecular flexibility index (Phi) is 32.8. The molecule has 4 saturated heterocycles. The van der Waals surface area contributed by atoms with E-state index in [4.69, 9.17) is 49.2 Å². The molecule has 4 aliphatic heterocycles. The molecule has 0 atom stereocenters. The molecule has 0 radical (unpaired) electrons. The Bertz CT molecular complexity index is 4550. The number of hydrogen-bond donors (Lipinski definition) is 6. The third kappa shape index (κ3) is 23.1. The first-order valence-corrected chi connectivity index (χ1v) is 30.9. The largest absolute Gasteiger partial charge is 1.00 e. The van der Waals surface area contributed by atoms with E-state index in [1.165, 1.54) is 90.8 Å². The number of carbonyl (C=O) groups excluding carboxylic acids is 2. The van der Waals surface area contributed by atoms with Crippen molar-refractivity contribution in [3.8, 4) is 45.7 Å². The summed E-state index contributed by atoms with van der Waals surface area (Å²) in [6.45, 7) is 22.8. The van der Waals surface area contributed by atoms with Gasteiger partial charge in [-0.05, 0) is 109 Å². The number of aromatic carboxylic acids is 1. The quantitative estimate of drug-likeness (QED) is 0.0219. The fourth-order valence-electron chi connectivity index (χ4n) is 8.75. The Hall–Kier alpha value is -8.90. The number of carboxylic acid groups (broad SMARTS) is 1. The van der Waals surface area contributed by atoms with Crippen LogP contribution in [0.15, 0.2) is 157 Å². The fourth-order valence-corrected chi connectivity index (χ4v) is 9.08. The smallest absolute Gasteiger partial charge is 1.00 e. The zero-order valence-corrected chi connectivity index (χ0v) is 62.8. The molecule has 0 unspecified atom stereocenters. The van der Waals surface area contributed by atoms with E-state index in [9.17, 15) is 24.3 Å². The number of aromatic nitrogens is 12. The van der Waals surface area contributed by atoms with Crippen LogP contribution in [0.25, 0.3) is 55.4 Å². The van der Waals surface area contributed by atoms with Crippen LogP contribution >= 0.6 is 15.9 Å². The molecule has 0 spiro atoms. The van der Waals surface area contributed by atoms with Crippen LogP contribution in [0.5, 0.6) is 0 Å². The zero-order chi connectivity index (χ0) is 69.9. The number of nitrogens with zero attached hydrogens (tertiary/aromatic N) is 17. The van der Waals surface area contributed by atoms with Crippen molar-refractivity contribution in [2.45, 2.75) is 38.8 Å². The molecule has 4 fully saturated rings. The van der Waals surface area contributed by atoms with Gasteiger partial charge in [0.05, 0.1) is 30.3 Å². The number of nitrogens with two attached hydrogens (primary N) is 3. The van der Waals surface area contributed by atoms with Crippen LogP contribution in [-0.4, -0.2) is 135 Å². The summed E-state index contributed by atoms with van der Waals surface area (Å²) in [6, 6.07) is 28.4. The molecule has 4 aliphatic rings. The van der Waals surface area contributed by atoms with Crippen LogP contribution in [0.1, 0.15) is 59.5 Å². The standard InChI is InChI=1S/C23H22N8O3.C14H11N5O4.C9H9N3.C9H13N3.C6H3BrN2.C3H7N.CH2O3.2K.H/c1-30-13-14(6-7-17(30)32)18-19(23-25-8-11-34-23)29-21(24)20(28-18)22(33)26-12-15-4-2-5-16(27-15)31-9-3-10-31;1-19-6-7(2-3-8(19)20)9-10(13-16-4-5-23-13)18-12(15)11(17-9)14(21)22;1-10-8-4-2-5-9(11-8)12-6-3-7-12;10-7-8-3-1-4-9(11-8)12-5-2-6-12;1-8-6-4-2-3-5(7)9-6;1-2-4-3-1;2-1-4-3;;;/h2,4-8,11,13H,3,9-10,12H2,1H3,(H2,24,29)(H,26,33);2-6H,1H3,(H2,15,18)(H,21,22);2,4-5H,3,6-7H2;1,3-4H,2,5-7,10H2;2-4H;4H,1-3H2;1,3H;;;/q;;;;;;;2*+1;-1/p-1. The van der Waals surface area contributed by atoms with Crippen molar-refractivity contribution in [2.75, 3.05) is 78.5 Å². The van der Waals surface area contributed by atoms with Gasteiger partial charge in [-0.1, -0.05) is 37.4 Å². The molecule has 35 heteroatoms. The number of pyridine rings is 6. The number of nitrogen functional groups attached to an aromatic ring is 2. The van der Waals surface area contributed by atoms with Crippen molar-refractivity contribution >= 4 is 75.0 Å². The van der Waals surface area contributed by atoms with E-state index in [1.807, 2.05) is 48.5 Å². The number of halogens is 1. The van der Waals surface area contributed by atoms with E-state index >= 15 is 0 Å². The second-order valence-corrected chi connectivity index (χ2v) is 21.9. The van der Waals surface area contributed by atoms with Crippen LogP contribution in [0.4, 0.5) is 40.7 Å². The van der Waals surface area contributed by atoms with Crippen molar-refractivity contribution < 1.29 is 143 Å².